The fourth-order valence-corrected chi connectivity index (χ4v) is 6.50. The number of hydrogen-bond acceptors (Lipinski definition) is 7. The van der Waals surface area contributed by atoms with Crippen LogP contribution in [0.2, 0.25) is 5.02 Å². The summed E-state index contributed by atoms with van der Waals surface area (Å²) in [5.74, 6) is -0.427. The lowest BCUT2D eigenvalue weighted by Crippen LogP contribution is -2.41. The second-order valence-corrected chi connectivity index (χ2v) is 12.6. The highest BCUT2D eigenvalue weighted by Gasteiger charge is 2.26. The molecule has 10 nitrogen and oxygen atoms in total. The van der Waals surface area contributed by atoms with Crippen LogP contribution in [0.15, 0.2) is 52.4 Å². The number of nitrogens with one attached hydrogen (secondary N) is 2. The number of H-pyrrole nitrogens is 1. The first-order valence-electron chi connectivity index (χ1n) is 15.5. The maximum atomic E-state index is 15.2. The molecule has 2 aromatic carbocycles. The van der Waals surface area contributed by atoms with Gasteiger partial charge in [0.05, 0.1) is 23.4 Å². The van der Waals surface area contributed by atoms with Gasteiger partial charge in [-0.25, -0.2) is 14.4 Å². The maximum absolute atomic E-state index is 15.2. The van der Waals surface area contributed by atoms with E-state index in [0.717, 1.165) is 67.0 Å². The highest BCUT2D eigenvalue weighted by atomic mass is 35.5. The zero-order valence-electron chi connectivity index (χ0n) is 25.8. The van der Waals surface area contributed by atoms with Gasteiger partial charge in [0.1, 0.15) is 5.49 Å². The molecule has 1 aromatic heterocycles. The van der Waals surface area contributed by atoms with Crippen LogP contribution < -0.4 is 38.1 Å². The summed E-state index contributed by atoms with van der Waals surface area (Å²) in [6.07, 6.45) is 7.12. The number of aryl methyl sites for hydroxylation is 1. The summed E-state index contributed by atoms with van der Waals surface area (Å²) in [7, 11) is 1.65. The molecule has 0 spiro atoms. The quantitative estimate of drug-likeness (QED) is 0.131. The molecule has 0 radical (unpaired) electrons. The van der Waals surface area contributed by atoms with Crippen LogP contribution in [0.25, 0.3) is 17.5 Å². The Labute approximate surface area is 268 Å². The molecule has 1 unspecified atom stereocenters. The molecular formula is C33H44ClFN8O2. The third-order valence-electron chi connectivity index (χ3n) is 8.42. The lowest BCUT2D eigenvalue weighted by molar-refractivity contribution is 0.167. The molecule has 12 heteroatoms. The maximum Gasteiger partial charge on any atom is 0.231 e. The molecule has 9 N–H and O–H groups in total. The van der Waals surface area contributed by atoms with Crippen LogP contribution in [0.5, 0.6) is 0 Å². The zero-order valence-corrected chi connectivity index (χ0v) is 26.6. The average Bonchev–Trinajstić information content (AvgIpc) is 3.41. The Morgan fingerprint density at radius 2 is 2.00 bits per heavy atom. The Hall–Kier alpha value is -3.48. The zero-order chi connectivity index (χ0) is 32.1. The molecule has 3 heterocycles. The Kier molecular flexibility index (Phi) is 10.8. The first-order chi connectivity index (χ1) is 21.6. The van der Waals surface area contributed by atoms with Gasteiger partial charge in [0, 0.05) is 47.9 Å². The lowest BCUT2D eigenvalue weighted by Gasteiger charge is -2.33. The van der Waals surface area contributed by atoms with Gasteiger partial charge in [-0.15, -0.1) is 0 Å². The summed E-state index contributed by atoms with van der Waals surface area (Å²) in [6, 6.07) is 13.9. The van der Waals surface area contributed by atoms with Gasteiger partial charge in [-0.05, 0) is 86.9 Å². The number of benzene rings is 2. The topological polar surface area (TPSA) is 163 Å². The number of aliphatic hydroxyl groups is 1. The lowest BCUT2D eigenvalue weighted by atomic mass is 9.90. The van der Waals surface area contributed by atoms with E-state index in [4.69, 9.17) is 33.5 Å². The molecule has 2 aliphatic rings. The largest absolute Gasteiger partial charge is 0.382 e. The van der Waals surface area contributed by atoms with Crippen molar-refractivity contribution in [2.75, 3.05) is 18.6 Å². The molecule has 1 fully saturated rings. The van der Waals surface area contributed by atoms with E-state index in [-0.39, 0.29) is 35.1 Å². The summed E-state index contributed by atoms with van der Waals surface area (Å²) in [5, 5.41) is 15.5. The molecular weight excluding hydrogens is 595 g/mol. The van der Waals surface area contributed by atoms with Gasteiger partial charge in [0.15, 0.2) is 11.8 Å². The van der Waals surface area contributed by atoms with Crippen LogP contribution in [0, 0.1) is 5.82 Å². The number of halogens is 2. The van der Waals surface area contributed by atoms with Crippen LogP contribution in [-0.4, -0.2) is 54.2 Å². The van der Waals surface area contributed by atoms with Crippen LogP contribution in [0.4, 0.5) is 10.1 Å². The standard InChI is InChI=1S/C33H44ClFN8O2/c1-19(36)5-3-6-20-13-26(30(35)27(34)14-20)29-15-22-17-43(33(44)42-31(22)41-29)25-11-9-21(10-12-25)28-8-4-7-23(39-28)16-24(18-45-2)40-32(37)38/h9-15,17,19,23-24,28,33,39,44H,3-8,16,18,36H2,1-2H3,(H,41,42)(H4,37,38,40)/t19-,23-,24-,28-,33?/m0/s1. The second kappa shape index (κ2) is 14.7. The molecule has 0 aliphatic carbocycles. The van der Waals surface area contributed by atoms with Crippen molar-refractivity contribution >= 4 is 29.4 Å². The number of piperidine rings is 1. The van der Waals surface area contributed by atoms with E-state index < -0.39 is 12.2 Å². The first-order valence-corrected chi connectivity index (χ1v) is 15.9. The van der Waals surface area contributed by atoms with E-state index in [0.29, 0.717) is 23.4 Å². The van der Waals surface area contributed by atoms with Crippen LogP contribution >= 0.6 is 11.6 Å². The number of aliphatic imine (C=N–C) groups is 1. The van der Waals surface area contributed by atoms with E-state index >= 15 is 4.39 Å². The Balaban J connectivity index is 1.31. The average molecular weight is 639 g/mol. The van der Waals surface area contributed by atoms with Crippen molar-refractivity contribution in [2.45, 2.75) is 82.4 Å². The van der Waals surface area contributed by atoms with Crippen molar-refractivity contribution in [2.24, 2.45) is 27.2 Å². The minimum atomic E-state index is -1.14. The summed E-state index contributed by atoms with van der Waals surface area (Å²) in [6.45, 7) is 2.43. The van der Waals surface area contributed by atoms with Gasteiger partial charge in [-0.1, -0.05) is 30.2 Å². The summed E-state index contributed by atoms with van der Waals surface area (Å²) in [4.78, 5) is 13.6. The third-order valence-corrected chi connectivity index (χ3v) is 8.70. The number of aromatic nitrogens is 1. The van der Waals surface area contributed by atoms with Gasteiger partial charge >= 0.3 is 0 Å². The van der Waals surface area contributed by atoms with Crippen LogP contribution in [-0.2, 0) is 11.2 Å². The van der Waals surface area contributed by atoms with Crippen molar-refractivity contribution in [3.05, 3.63) is 75.1 Å². The van der Waals surface area contributed by atoms with Gasteiger partial charge in [-0.3, -0.25) is 0 Å². The molecule has 1 saturated heterocycles. The van der Waals surface area contributed by atoms with E-state index in [1.165, 1.54) is 0 Å². The molecule has 5 rings (SSSR count). The summed E-state index contributed by atoms with van der Waals surface area (Å²) < 4.78 is 20.5. The molecule has 45 heavy (non-hydrogen) atoms. The van der Waals surface area contributed by atoms with Crippen molar-refractivity contribution in [1.29, 1.82) is 0 Å². The number of nitrogens with two attached hydrogens (primary N) is 3. The van der Waals surface area contributed by atoms with Crippen molar-refractivity contribution in [3.8, 4) is 11.3 Å². The van der Waals surface area contributed by atoms with Crippen molar-refractivity contribution < 1.29 is 14.2 Å². The Bertz CT molecular complexity index is 1610. The number of fused-ring (bicyclic) bond motifs is 1. The van der Waals surface area contributed by atoms with Gasteiger partial charge in [0.2, 0.25) is 6.35 Å². The van der Waals surface area contributed by atoms with Gasteiger partial charge < -0.3 is 42.2 Å². The molecule has 3 aromatic rings. The number of guanidine groups is 1. The molecule has 0 amide bonds. The predicted octanol–water partition coefficient (Wildman–Crippen LogP) is 3.16. The number of methoxy groups -OCH3 is 1. The second-order valence-electron chi connectivity index (χ2n) is 12.1. The van der Waals surface area contributed by atoms with E-state index in [9.17, 15) is 5.11 Å². The first kappa shape index (κ1) is 32.9. The smallest absolute Gasteiger partial charge is 0.231 e. The van der Waals surface area contributed by atoms with E-state index in [2.05, 4.69) is 32.4 Å². The normalized spacial score (nSPS) is 20.9. The Morgan fingerprint density at radius 3 is 2.71 bits per heavy atom. The van der Waals surface area contributed by atoms with Crippen LogP contribution in [0.3, 0.4) is 0 Å². The highest BCUT2D eigenvalue weighted by Crippen LogP contribution is 2.31. The SMILES string of the molecule is COC[C@H](C[C@@H]1CCC[C@@H](c2ccc(N3C=c4cc(-c5cc(CCC[C@H](C)N)cc(Cl)c5F)[nH]c4=NC3O)cc2)N1)N=C(N)N. The number of nitrogens with zero attached hydrogens (tertiary/aromatic N) is 3. The fraction of sp³-hybridized carbons (Fsp3) is 0.455. The molecule has 242 valence electrons. The van der Waals surface area contributed by atoms with Crippen molar-refractivity contribution in [1.82, 2.24) is 10.3 Å². The predicted molar refractivity (Wildman–Crippen MR) is 178 cm³/mol. The van der Waals surface area contributed by atoms with Crippen molar-refractivity contribution in [3.63, 3.8) is 0 Å². The number of hydrogen-bond donors (Lipinski definition) is 6. The third kappa shape index (κ3) is 8.22. The summed E-state index contributed by atoms with van der Waals surface area (Å²) in [5.41, 5.74) is 21.4. The number of aromatic amines is 1. The van der Waals surface area contributed by atoms with E-state index in [1.54, 1.807) is 18.1 Å². The summed E-state index contributed by atoms with van der Waals surface area (Å²) >= 11 is 6.28. The fourth-order valence-electron chi connectivity index (χ4n) is 6.26. The minimum absolute atomic E-state index is 0.0702. The number of rotatable bonds is 12. The van der Waals surface area contributed by atoms with Crippen LogP contribution in [0.1, 0.15) is 62.6 Å². The number of ether oxygens (including phenoxy) is 1. The molecule has 2 aliphatic heterocycles. The molecule has 0 saturated carbocycles. The Morgan fingerprint density at radius 1 is 1.22 bits per heavy atom. The van der Waals surface area contributed by atoms with Gasteiger partial charge in [-0.2, -0.15) is 0 Å². The minimum Gasteiger partial charge on any atom is -0.382 e. The highest BCUT2D eigenvalue weighted by molar-refractivity contribution is 6.31. The molecule has 0 bridgehead atoms. The van der Waals surface area contributed by atoms with Gasteiger partial charge in [0.25, 0.3) is 0 Å². The monoisotopic (exact) mass is 638 g/mol. The molecule has 5 atom stereocenters. The van der Waals surface area contributed by atoms with E-state index in [1.807, 2.05) is 37.4 Å². The number of aliphatic hydroxyl groups excluding tert-OH is 1. The number of anilines is 1.